The molecule has 3 aromatic rings. The number of anilines is 2. The minimum atomic E-state index is -0.615. The highest BCUT2D eigenvalue weighted by atomic mass is 35.5. The van der Waals surface area contributed by atoms with Crippen LogP contribution in [-0.4, -0.2) is 18.9 Å². The quantitative estimate of drug-likeness (QED) is 0.295. The van der Waals surface area contributed by atoms with Gasteiger partial charge in [-0.15, -0.1) is 0 Å². The van der Waals surface area contributed by atoms with Crippen LogP contribution in [0, 0.1) is 0 Å². The molecule has 5 nitrogen and oxygen atoms in total. The summed E-state index contributed by atoms with van der Waals surface area (Å²) in [7, 11) is 1.54. The zero-order chi connectivity index (χ0) is 21.5. The van der Waals surface area contributed by atoms with E-state index in [0.717, 1.165) is 0 Å². The molecule has 30 heavy (non-hydrogen) atoms. The van der Waals surface area contributed by atoms with Crippen molar-refractivity contribution in [1.82, 2.24) is 0 Å². The Morgan fingerprint density at radius 3 is 1.83 bits per heavy atom. The lowest BCUT2D eigenvalue weighted by Gasteiger charge is -2.12. The smallest absolute Gasteiger partial charge is 0.261 e. The number of methoxy groups -OCH3 is 1. The minimum absolute atomic E-state index is 0.122. The first-order valence-electron chi connectivity index (χ1n) is 8.95. The van der Waals surface area contributed by atoms with Crippen LogP contribution in [0.3, 0.4) is 0 Å². The molecule has 2 amide bonds. The zero-order valence-corrected chi connectivity index (χ0v) is 17.5. The van der Waals surface area contributed by atoms with Gasteiger partial charge in [0.25, 0.3) is 11.8 Å². The van der Waals surface area contributed by atoms with E-state index in [2.05, 4.69) is 10.6 Å². The number of amides is 2. The topological polar surface area (TPSA) is 67.4 Å². The van der Waals surface area contributed by atoms with E-state index in [-0.39, 0.29) is 5.57 Å². The van der Waals surface area contributed by atoms with Crippen molar-refractivity contribution in [2.75, 3.05) is 17.7 Å². The van der Waals surface area contributed by atoms with Gasteiger partial charge in [-0.25, -0.2) is 0 Å². The van der Waals surface area contributed by atoms with E-state index >= 15 is 0 Å². The van der Waals surface area contributed by atoms with Crippen molar-refractivity contribution in [3.63, 3.8) is 0 Å². The van der Waals surface area contributed by atoms with Gasteiger partial charge in [-0.3, -0.25) is 9.59 Å². The second kappa shape index (κ2) is 9.96. The Hall–Kier alpha value is -3.28. The summed E-state index contributed by atoms with van der Waals surface area (Å²) in [5, 5.41) is 6.07. The molecule has 0 aliphatic carbocycles. The number of para-hydroxylation sites is 2. The summed E-state index contributed by atoms with van der Waals surface area (Å²) >= 11 is 12.3. The highest BCUT2D eigenvalue weighted by Crippen LogP contribution is 2.24. The summed E-state index contributed by atoms with van der Waals surface area (Å²) < 4.78 is 5.21. The maximum atomic E-state index is 13.0. The second-order valence-electron chi connectivity index (χ2n) is 6.20. The number of benzene rings is 3. The van der Waals surface area contributed by atoms with E-state index < -0.39 is 11.8 Å². The molecule has 0 spiro atoms. The number of carbonyl (C=O) groups is 2. The first kappa shape index (κ1) is 21.4. The normalized spacial score (nSPS) is 10.1. The molecule has 0 unspecified atom stereocenters. The maximum Gasteiger partial charge on any atom is 0.261 e. The third kappa shape index (κ3) is 5.41. The van der Waals surface area contributed by atoms with Crippen molar-refractivity contribution in [3.8, 4) is 5.75 Å². The molecule has 0 aliphatic rings. The average molecular weight is 441 g/mol. The van der Waals surface area contributed by atoms with Crippen LogP contribution in [0.25, 0.3) is 6.08 Å². The van der Waals surface area contributed by atoms with E-state index in [0.29, 0.717) is 32.7 Å². The lowest BCUT2D eigenvalue weighted by Crippen LogP contribution is -2.25. The van der Waals surface area contributed by atoms with E-state index in [4.69, 9.17) is 27.9 Å². The van der Waals surface area contributed by atoms with Gasteiger partial charge < -0.3 is 15.4 Å². The van der Waals surface area contributed by atoms with Crippen LogP contribution in [0.1, 0.15) is 5.56 Å². The van der Waals surface area contributed by atoms with E-state index in [1.54, 1.807) is 72.8 Å². The van der Waals surface area contributed by atoms with Gasteiger partial charge in [0.2, 0.25) is 0 Å². The molecule has 2 N–H and O–H groups in total. The van der Waals surface area contributed by atoms with Crippen molar-refractivity contribution in [1.29, 1.82) is 0 Å². The largest absolute Gasteiger partial charge is 0.497 e. The number of ether oxygens (including phenoxy) is 1. The molecule has 0 aromatic heterocycles. The molecule has 7 heteroatoms. The molecule has 0 atom stereocenters. The predicted octanol–water partition coefficient (Wildman–Crippen LogP) is 5.66. The number of hydrogen-bond donors (Lipinski definition) is 2. The van der Waals surface area contributed by atoms with Crippen molar-refractivity contribution in [2.45, 2.75) is 0 Å². The van der Waals surface area contributed by atoms with Crippen LogP contribution in [0.5, 0.6) is 5.75 Å². The van der Waals surface area contributed by atoms with Crippen molar-refractivity contribution in [2.24, 2.45) is 0 Å². The molecular formula is C23H18Cl2N2O3. The highest BCUT2D eigenvalue weighted by molar-refractivity contribution is 6.36. The van der Waals surface area contributed by atoms with E-state index in [1.165, 1.54) is 13.2 Å². The molecule has 0 saturated carbocycles. The Morgan fingerprint density at radius 2 is 1.33 bits per heavy atom. The summed E-state index contributed by atoms with van der Waals surface area (Å²) in [6.07, 6.45) is 1.47. The van der Waals surface area contributed by atoms with Gasteiger partial charge in [0.15, 0.2) is 0 Å². The van der Waals surface area contributed by atoms with Crippen molar-refractivity contribution < 1.29 is 14.3 Å². The Balaban J connectivity index is 1.96. The van der Waals surface area contributed by atoms with Gasteiger partial charge >= 0.3 is 0 Å². The molecule has 3 aromatic carbocycles. The molecule has 3 rings (SSSR count). The molecule has 152 valence electrons. The maximum absolute atomic E-state index is 13.0. The van der Waals surface area contributed by atoms with Gasteiger partial charge in [-0.05, 0) is 48.0 Å². The minimum Gasteiger partial charge on any atom is -0.497 e. The Labute approximate surface area is 184 Å². The fourth-order valence-electron chi connectivity index (χ4n) is 2.64. The SMILES string of the molecule is COc1cccc(C=C(C(=O)Nc2ccccc2Cl)C(=O)Nc2ccccc2Cl)c1. The molecule has 0 aliphatic heterocycles. The van der Waals surface area contributed by atoms with Crippen LogP contribution in [-0.2, 0) is 9.59 Å². The molecule has 0 heterocycles. The van der Waals surface area contributed by atoms with Crippen LogP contribution in [0.4, 0.5) is 11.4 Å². The lowest BCUT2D eigenvalue weighted by molar-refractivity contribution is -0.118. The second-order valence-corrected chi connectivity index (χ2v) is 7.02. The molecule has 0 radical (unpaired) electrons. The number of halogens is 2. The van der Waals surface area contributed by atoms with Gasteiger partial charge in [-0.1, -0.05) is 59.6 Å². The van der Waals surface area contributed by atoms with Crippen LogP contribution < -0.4 is 15.4 Å². The summed E-state index contributed by atoms with van der Waals surface area (Å²) in [4.78, 5) is 26.0. The molecule has 0 saturated heterocycles. The van der Waals surface area contributed by atoms with E-state index in [1.807, 2.05) is 0 Å². The number of nitrogens with one attached hydrogen (secondary N) is 2. The molecular weight excluding hydrogens is 423 g/mol. The Morgan fingerprint density at radius 1 is 0.800 bits per heavy atom. The third-order valence-electron chi connectivity index (χ3n) is 4.14. The van der Waals surface area contributed by atoms with Crippen molar-refractivity contribution >= 4 is 52.5 Å². The van der Waals surface area contributed by atoms with E-state index in [9.17, 15) is 9.59 Å². The van der Waals surface area contributed by atoms with Crippen LogP contribution >= 0.6 is 23.2 Å². The molecule has 0 fully saturated rings. The zero-order valence-electron chi connectivity index (χ0n) is 16.0. The number of carbonyl (C=O) groups excluding carboxylic acids is 2. The number of rotatable bonds is 6. The Bertz CT molecular complexity index is 1050. The average Bonchev–Trinajstić information content (AvgIpc) is 2.75. The first-order valence-corrected chi connectivity index (χ1v) is 9.71. The van der Waals surface area contributed by atoms with Gasteiger partial charge in [0.05, 0.1) is 28.5 Å². The van der Waals surface area contributed by atoms with Crippen LogP contribution in [0.15, 0.2) is 78.4 Å². The monoisotopic (exact) mass is 440 g/mol. The van der Waals surface area contributed by atoms with Crippen molar-refractivity contribution in [3.05, 3.63) is 94.0 Å². The van der Waals surface area contributed by atoms with Gasteiger partial charge in [-0.2, -0.15) is 0 Å². The predicted molar refractivity (Wildman–Crippen MR) is 121 cm³/mol. The Kier molecular flexibility index (Phi) is 7.12. The lowest BCUT2D eigenvalue weighted by atomic mass is 10.1. The van der Waals surface area contributed by atoms with Gasteiger partial charge in [0.1, 0.15) is 11.3 Å². The summed E-state index contributed by atoms with van der Waals surface area (Å²) in [5.74, 6) is -0.632. The fourth-order valence-corrected chi connectivity index (χ4v) is 3.00. The highest BCUT2D eigenvalue weighted by Gasteiger charge is 2.20. The molecule has 0 bridgehead atoms. The first-order chi connectivity index (χ1) is 14.5. The number of hydrogen-bond acceptors (Lipinski definition) is 3. The summed E-state index contributed by atoms with van der Waals surface area (Å²) in [5.41, 5.74) is 1.29. The fraction of sp³-hybridized carbons (Fsp3) is 0.0435. The summed E-state index contributed by atoms with van der Waals surface area (Å²) in [6.45, 7) is 0. The summed E-state index contributed by atoms with van der Waals surface area (Å²) in [6, 6.07) is 20.5. The standard InChI is InChI=1S/C23H18Cl2N2O3/c1-30-16-8-6-7-15(13-16)14-17(22(28)26-20-11-4-2-9-18(20)24)23(29)27-21-12-5-3-10-19(21)25/h2-14H,1H3,(H,26,28)(H,27,29). The van der Waals surface area contributed by atoms with Crippen LogP contribution in [0.2, 0.25) is 10.0 Å². The third-order valence-corrected chi connectivity index (χ3v) is 4.80. The van der Waals surface area contributed by atoms with Gasteiger partial charge in [0, 0.05) is 0 Å².